The van der Waals surface area contributed by atoms with Gasteiger partial charge >= 0.3 is 0 Å². The number of carbonyl (C=O) groups excluding carboxylic acids is 3. The monoisotopic (exact) mass is 560 g/mol. The average Bonchev–Trinajstić information content (AvgIpc) is 2.91. The van der Waals surface area contributed by atoms with E-state index >= 15 is 0 Å². The SMILES string of the molecule is COCCNC(=O)c1ccc(C(=O)NS(=O)(=O)c2ccc(C(=O)NCCOc3ccccc3)cc2Cl)cn1. The number of carbonyl (C=O) groups is 3. The summed E-state index contributed by atoms with van der Waals surface area (Å²) >= 11 is 6.14. The summed E-state index contributed by atoms with van der Waals surface area (Å²) in [5, 5.41) is 4.98. The molecule has 2 aromatic carbocycles. The van der Waals surface area contributed by atoms with Crippen molar-refractivity contribution < 1.29 is 32.3 Å². The third kappa shape index (κ3) is 8.00. The third-order valence-electron chi connectivity index (χ3n) is 4.96. The number of nitrogens with zero attached hydrogens (tertiary/aromatic N) is 1. The highest BCUT2D eigenvalue weighted by Gasteiger charge is 2.23. The molecule has 38 heavy (non-hydrogen) atoms. The molecule has 0 radical (unpaired) electrons. The maximum absolute atomic E-state index is 12.8. The third-order valence-corrected chi connectivity index (χ3v) is 6.77. The molecular weight excluding hydrogens is 536 g/mol. The molecule has 11 nitrogen and oxygen atoms in total. The number of halogens is 1. The van der Waals surface area contributed by atoms with E-state index in [1.165, 1.54) is 31.4 Å². The zero-order valence-corrected chi connectivity index (χ0v) is 21.8. The number of aromatic nitrogens is 1. The van der Waals surface area contributed by atoms with E-state index in [0.29, 0.717) is 12.4 Å². The standard InChI is InChI=1S/C25H25ClN4O7S/c1-36-13-11-28-25(33)21-9-7-18(16-29-21)24(32)30-38(34,35)22-10-8-17(15-20(22)26)23(31)27-12-14-37-19-5-3-2-4-6-19/h2-10,15-16H,11-14H2,1H3,(H,27,31)(H,28,33)(H,30,32). The lowest BCUT2D eigenvalue weighted by Gasteiger charge is -2.11. The molecule has 3 N–H and O–H groups in total. The van der Waals surface area contributed by atoms with Crippen molar-refractivity contribution in [1.29, 1.82) is 0 Å². The molecule has 1 heterocycles. The Labute approximate surface area is 224 Å². The zero-order chi connectivity index (χ0) is 27.5. The van der Waals surface area contributed by atoms with Crippen LogP contribution in [0.4, 0.5) is 0 Å². The number of hydrogen-bond acceptors (Lipinski definition) is 8. The number of hydrogen-bond donors (Lipinski definition) is 3. The first-order chi connectivity index (χ1) is 18.2. The minimum atomic E-state index is -4.38. The Kier molecular flexibility index (Phi) is 10.2. The molecule has 3 amide bonds. The lowest BCUT2D eigenvalue weighted by Crippen LogP contribution is -2.31. The summed E-state index contributed by atoms with van der Waals surface area (Å²) in [6.45, 7) is 1.04. The number of amides is 3. The molecule has 200 valence electrons. The van der Waals surface area contributed by atoms with Gasteiger partial charge in [0.25, 0.3) is 27.7 Å². The van der Waals surface area contributed by atoms with Gasteiger partial charge in [-0.1, -0.05) is 29.8 Å². The van der Waals surface area contributed by atoms with E-state index in [2.05, 4.69) is 15.6 Å². The van der Waals surface area contributed by atoms with Gasteiger partial charge in [0.15, 0.2) is 0 Å². The number of nitrogens with one attached hydrogen (secondary N) is 3. The number of rotatable bonds is 12. The quantitative estimate of drug-likeness (QED) is 0.284. The minimum Gasteiger partial charge on any atom is -0.492 e. The van der Waals surface area contributed by atoms with Crippen LogP contribution in [0.15, 0.2) is 71.8 Å². The lowest BCUT2D eigenvalue weighted by atomic mass is 10.2. The van der Waals surface area contributed by atoms with E-state index < -0.39 is 32.6 Å². The molecule has 13 heteroatoms. The summed E-state index contributed by atoms with van der Waals surface area (Å²) in [4.78, 5) is 40.4. The highest BCUT2D eigenvalue weighted by molar-refractivity contribution is 7.90. The molecule has 0 aliphatic heterocycles. The van der Waals surface area contributed by atoms with Crippen molar-refractivity contribution in [1.82, 2.24) is 20.3 Å². The molecule has 0 aliphatic rings. The Morgan fingerprint density at radius 2 is 1.55 bits per heavy atom. The smallest absolute Gasteiger partial charge is 0.269 e. The predicted molar refractivity (Wildman–Crippen MR) is 139 cm³/mol. The average molecular weight is 561 g/mol. The van der Waals surface area contributed by atoms with Crippen LogP contribution in [0.1, 0.15) is 31.2 Å². The summed E-state index contributed by atoms with van der Waals surface area (Å²) < 4.78 is 37.8. The molecule has 0 unspecified atom stereocenters. The van der Waals surface area contributed by atoms with Crippen LogP contribution in [0.2, 0.25) is 5.02 Å². The fourth-order valence-corrected chi connectivity index (χ4v) is 4.59. The van der Waals surface area contributed by atoms with E-state index in [9.17, 15) is 22.8 Å². The van der Waals surface area contributed by atoms with Gasteiger partial charge < -0.3 is 20.1 Å². The molecule has 3 aromatic rings. The Morgan fingerprint density at radius 1 is 0.868 bits per heavy atom. The molecule has 0 fully saturated rings. The van der Waals surface area contributed by atoms with Crippen molar-refractivity contribution in [3.63, 3.8) is 0 Å². The van der Waals surface area contributed by atoms with Gasteiger partial charge in [0, 0.05) is 25.4 Å². The van der Waals surface area contributed by atoms with Gasteiger partial charge in [0.05, 0.1) is 23.7 Å². The van der Waals surface area contributed by atoms with Gasteiger partial charge in [0.2, 0.25) is 0 Å². The van der Waals surface area contributed by atoms with Gasteiger partial charge in [-0.05, 0) is 42.5 Å². The lowest BCUT2D eigenvalue weighted by molar-refractivity contribution is 0.0927. The molecule has 0 saturated carbocycles. The summed E-state index contributed by atoms with van der Waals surface area (Å²) in [5.74, 6) is -1.26. The fraction of sp³-hybridized carbons (Fsp3) is 0.200. The Bertz CT molecular complexity index is 1380. The fourth-order valence-electron chi connectivity index (χ4n) is 3.07. The highest BCUT2D eigenvalue weighted by Crippen LogP contribution is 2.23. The number of sulfonamides is 1. The predicted octanol–water partition coefficient (Wildman–Crippen LogP) is 2.04. The number of methoxy groups -OCH3 is 1. The first kappa shape index (κ1) is 28.6. The second-order valence-corrected chi connectivity index (χ2v) is 9.74. The van der Waals surface area contributed by atoms with Crippen molar-refractivity contribution in [2.75, 3.05) is 33.4 Å². The van der Waals surface area contributed by atoms with Crippen molar-refractivity contribution in [3.8, 4) is 5.75 Å². The van der Waals surface area contributed by atoms with Crippen LogP contribution in [-0.2, 0) is 14.8 Å². The van der Waals surface area contributed by atoms with E-state index in [0.717, 1.165) is 12.3 Å². The van der Waals surface area contributed by atoms with Crippen LogP contribution in [-0.4, -0.2) is 64.5 Å². The summed E-state index contributed by atoms with van der Waals surface area (Å²) in [6, 6.07) is 15.2. The highest BCUT2D eigenvalue weighted by atomic mass is 35.5. The van der Waals surface area contributed by atoms with Crippen LogP contribution in [0.3, 0.4) is 0 Å². The minimum absolute atomic E-state index is 0.0454. The van der Waals surface area contributed by atoms with E-state index in [4.69, 9.17) is 21.1 Å². The maximum atomic E-state index is 12.8. The van der Waals surface area contributed by atoms with Crippen LogP contribution in [0.5, 0.6) is 5.75 Å². The molecule has 0 saturated heterocycles. The number of ether oxygens (including phenoxy) is 2. The number of pyridine rings is 1. The Hall–Kier alpha value is -4.00. The molecule has 0 bridgehead atoms. The number of para-hydroxylation sites is 1. The molecular formula is C25H25ClN4O7S. The molecule has 3 rings (SSSR count). The first-order valence-electron chi connectivity index (χ1n) is 11.3. The maximum Gasteiger partial charge on any atom is 0.269 e. The van der Waals surface area contributed by atoms with Crippen LogP contribution in [0, 0.1) is 0 Å². The zero-order valence-electron chi connectivity index (χ0n) is 20.3. The van der Waals surface area contributed by atoms with Crippen molar-refractivity contribution >= 4 is 39.3 Å². The topological polar surface area (TPSA) is 153 Å². The van der Waals surface area contributed by atoms with Crippen molar-refractivity contribution in [2.24, 2.45) is 0 Å². The normalized spacial score (nSPS) is 10.9. The van der Waals surface area contributed by atoms with Gasteiger partial charge in [-0.2, -0.15) is 0 Å². The van der Waals surface area contributed by atoms with Crippen LogP contribution < -0.4 is 20.1 Å². The molecule has 1 aromatic heterocycles. The Balaban J connectivity index is 1.57. The van der Waals surface area contributed by atoms with E-state index in [1.54, 1.807) is 12.1 Å². The summed E-state index contributed by atoms with van der Waals surface area (Å²) in [5.41, 5.74) is 0.0828. The van der Waals surface area contributed by atoms with E-state index in [1.807, 2.05) is 22.9 Å². The second kappa shape index (κ2) is 13.5. The van der Waals surface area contributed by atoms with Crippen molar-refractivity contribution in [2.45, 2.75) is 4.90 Å². The van der Waals surface area contributed by atoms with Crippen LogP contribution >= 0.6 is 11.6 Å². The van der Waals surface area contributed by atoms with E-state index in [-0.39, 0.29) is 41.5 Å². The first-order valence-corrected chi connectivity index (χ1v) is 13.1. The van der Waals surface area contributed by atoms with Gasteiger partial charge in [-0.15, -0.1) is 0 Å². The van der Waals surface area contributed by atoms with Crippen LogP contribution in [0.25, 0.3) is 0 Å². The molecule has 0 atom stereocenters. The van der Waals surface area contributed by atoms with Gasteiger partial charge in [0.1, 0.15) is 22.9 Å². The Morgan fingerprint density at radius 3 is 2.21 bits per heavy atom. The summed E-state index contributed by atoms with van der Waals surface area (Å²) in [7, 11) is -2.88. The second-order valence-electron chi connectivity index (χ2n) is 7.68. The summed E-state index contributed by atoms with van der Waals surface area (Å²) in [6.07, 6.45) is 1.08. The number of benzene rings is 2. The van der Waals surface area contributed by atoms with Crippen molar-refractivity contribution in [3.05, 3.63) is 88.7 Å². The van der Waals surface area contributed by atoms with Gasteiger partial charge in [-0.25, -0.2) is 13.1 Å². The molecule has 0 spiro atoms. The van der Waals surface area contributed by atoms with Gasteiger partial charge in [-0.3, -0.25) is 19.4 Å². The molecule has 0 aliphatic carbocycles. The largest absolute Gasteiger partial charge is 0.492 e.